The maximum absolute atomic E-state index is 13.0. The number of nitrogens with zero attached hydrogens (tertiary/aromatic N) is 2. The summed E-state index contributed by atoms with van der Waals surface area (Å²) in [5.41, 5.74) is 1.18. The van der Waals surface area contributed by atoms with E-state index in [4.69, 9.17) is 9.47 Å². The van der Waals surface area contributed by atoms with Gasteiger partial charge in [0, 0.05) is 43.0 Å². The molecule has 0 radical (unpaired) electrons. The Bertz CT molecular complexity index is 907. The van der Waals surface area contributed by atoms with Gasteiger partial charge < -0.3 is 19.3 Å². The molecule has 1 saturated heterocycles. The number of halogens is 3. The van der Waals surface area contributed by atoms with E-state index in [9.17, 15) is 18.0 Å². The number of alkyl halides is 3. The highest BCUT2D eigenvalue weighted by Gasteiger charge is 2.31. The van der Waals surface area contributed by atoms with Gasteiger partial charge >= 0.3 is 6.18 Å². The van der Waals surface area contributed by atoms with Crippen LogP contribution in [0.25, 0.3) is 0 Å². The summed E-state index contributed by atoms with van der Waals surface area (Å²) >= 11 is 0. The van der Waals surface area contributed by atoms with E-state index in [1.165, 1.54) is 6.07 Å². The van der Waals surface area contributed by atoms with Crippen LogP contribution in [0.5, 0.6) is 5.75 Å². The molecule has 2 aromatic rings. The standard InChI is InChI=1S/C23H27F3N2O3/c1-16(2)31-15-18-13-17(7-8-21(18)30-3)22(29)28-11-9-27(10-12-28)20-6-4-5-19(14-20)23(24,25)26/h4-8,13-14,16H,9-12,15H2,1-3H3. The molecule has 0 bridgehead atoms. The molecule has 8 heteroatoms. The molecule has 5 nitrogen and oxygen atoms in total. The lowest BCUT2D eigenvalue weighted by atomic mass is 10.1. The lowest BCUT2D eigenvalue weighted by Gasteiger charge is -2.36. The van der Waals surface area contributed by atoms with Crippen LogP contribution < -0.4 is 9.64 Å². The number of carbonyl (C=O) groups excluding carboxylic acids is 1. The van der Waals surface area contributed by atoms with Crippen LogP contribution in [0, 0.1) is 0 Å². The quantitative estimate of drug-likeness (QED) is 0.664. The molecule has 31 heavy (non-hydrogen) atoms. The number of ether oxygens (including phenoxy) is 2. The number of amides is 1. The minimum atomic E-state index is -4.38. The SMILES string of the molecule is COc1ccc(C(=O)N2CCN(c3cccc(C(F)(F)F)c3)CC2)cc1COC(C)C. The predicted molar refractivity (Wildman–Crippen MR) is 112 cm³/mol. The summed E-state index contributed by atoms with van der Waals surface area (Å²) in [6.07, 6.45) is -4.33. The summed E-state index contributed by atoms with van der Waals surface area (Å²) in [5, 5.41) is 0. The van der Waals surface area contributed by atoms with Gasteiger partial charge in [-0.25, -0.2) is 0 Å². The van der Waals surface area contributed by atoms with Crippen molar-refractivity contribution in [1.82, 2.24) is 4.90 Å². The van der Waals surface area contributed by atoms with Crippen LogP contribution in [0.3, 0.4) is 0 Å². The smallest absolute Gasteiger partial charge is 0.416 e. The molecule has 1 amide bonds. The zero-order valence-electron chi connectivity index (χ0n) is 17.9. The third-order valence-corrected chi connectivity index (χ3v) is 5.21. The Balaban J connectivity index is 1.67. The maximum Gasteiger partial charge on any atom is 0.416 e. The van der Waals surface area contributed by atoms with Crippen LogP contribution in [0.2, 0.25) is 0 Å². The van der Waals surface area contributed by atoms with Gasteiger partial charge in [0.1, 0.15) is 5.75 Å². The highest BCUT2D eigenvalue weighted by Crippen LogP contribution is 2.32. The Labute approximate surface area is 180 Å². The van der Waals surface area contributed by atoms with Crippen LogP contribution in [0.1, 0.15) is 35.3 Å². The van der Waals surface area contributed by atoms with Gasteiger partial charge in [-0.2, -0.15) is 13.2 Å². The number of anilines is 1. The van der Waals surface area contributed by atoms with Gasteiger partial charge in [0.15, 0.2) is 0 Å². The summed E-state index contributed by atoms with van der Waals surface area (Å²) < 4.78 is 50.0. The van der Waals surface area contributed by atoms with Crippen molar-refractivity contribution in [2.45, 2.75) is 32.7 Å². The molecule has 0 N–H and O–H groups in total. The highest BCUT2D eigenvalue weighted by molar-refractivity contribution is 5.94. The summed E-state index contributed by atoms with van der Waals surface area (Å²) in [7, 11) is 1.57. The second kappa shape index (κ2) is 9.60. The number of piperazine rings is 1. The van der Waals surface area contributed by atoms with Crippen molar-refractivity contribution in [3.05, 3.63) is 59.2 Å². The van der Waals surface area contributed by atoms with E-state index in [1.807, 2.05) is 18.7 Å². The fraction of sp³-hybridized carbons (Fsp3) is 0.435. The van der Waals surface area contributed by atoms with Crippen molar-refractivity contribution in [3.8, 4) is 5.75 Å². The normalized spacial score (nSPS) is 14.8. The van der Waals surface area contributed by atoms with Crippen molar-refractivity contribution in [3.63, 3.8) is 0 Å². The molecule has 168 valence electrons. The van der Waals surface area contributed by atoms with E-state index in [0.717, 1.165) is 17.7 Å². The van der Waals surface area contributed by atoms with E-state index in [2.05, 4.69) is 0 Å². The van der Waals surface area contributed by atoms with Crippen LogP contribution in [-0.4, -0.2) is 50.2 Å². The summed E-state index contributed by atoms with van der Waals surface area (Å²) in [6, 6.07) is 10.5. The average molecular weight is 436 g/mol. The summed E-state index contributed by atoms with van der Waals surface area (Å²) in [6.45, 7) is 6.00. The van der Waals surface area contributed by atoms with Gasteiger partial charge in [-0.3, -0.25) is 4.79 Å². The minimum Gasteiger partial charge on any atom is -0.496 e. The number of benzene rings is 2. The van der Waals surface area contributed by atoms with Gasteiger partial charge in [0.2, 0.25) is 0 Å². The molecule has 0 unspecified atom stereocenters. The third kappa shape index (κ3) is 5.70. The van der Waals surface area contributed by atoms with Crippen molar-refractivity contribution >= 4 is 11.6 Å². The molecular weight excluding hydrogens is 409 g/mol. The lowest BCUT2D eigenvalue weighted by molar-refractivity contribution is -0.137. The highest BCUT2D eigenvalue weighted by atomic mass is 19.4. The van der Waals surface area contributed by atoms with E-state index in [0.29, 0.717) is 49.8 Å². The maximum atomic E-state index is 13.0. The van der Waals surface area contributed by atoms with E-state index in [-0.39, 0.29) is 12.0 Å². The van der Waals surface area contributed by atoms with Crippen LogP contribution in [0.4, 0.5) is 18.9 Å². The number of hydrogen-bond acceptors (Lipinski definition) is 4. The van der Waals surface area contributed by atoms with Gasteiger partial charge in [-0.15, -0.1) is 0 Å². The Kier molecular flexibility index (Phi) is 7.10. The molecule has 1 aliphatic heterocycles. The second-order valence-electron chi connectivity index (χ2n) is 7.71. The van der Waals surface area contributed by atoms with Gasteiger partial charge in [0.25, 0.3) is 5.91 Å². The molecule has 0 spiro atoms. The molecule has 1 heterocycles. The monoisotopic (exact) mass is 436 g/mol. The Morgan fingerprint density at radius 2 is 1.77 bits per heavy atom. The summed E-state index contributed by atoms with van der Waals surface area (Å²) in [4.78, 5) is 16.6. The first kappa shape index (κ1) is 22.9. The predicted octanol–water partition coefficient (Wildman–Crippen LogP) is 4.60. The largest absolute Gasteiger partial charge is 0.496 e. The zero-order valence-corrected chi connectivity index (χ0v) is 17.9. The van der Waals surface area contributed by atoms with Crippen molar-refractivity contribution in [2.75, 3.05) is 38.2 Å². The second-order valence-corrected chi connectivity index (χ2v) is 7.71. The Morgan fingerprint density at radius 3 is 2.39 bits per heavy atom. The molecule has 3 rings (SSSR count). The van der Waals surface area contributed by atoms with E-state index in [1.54, 1.807) is 36.3 Å². The number of carbonyl (C=O) groups is 1. The topological polar surface area (TPSA) is 42.0 Å². The first-order valence-electron chi connectivity index (χ1n) is 10.2. The first-order valence-corrected chi connectivity index (χ1v) is 10.2. The molecule has 1 fully saturated rings. The zero-order chi connectivity index (χ0) is 22.6. The number of hydrogen-bond donors (Lipinski definition) is 0. The lowest BCUT2D eigenvalue weighted by Crippen LogP contribution is -2.48. The summed E-state index contributed by atoms with van der Waals surface area (Å²) in [5.74, 6) is 0.545. The van der Waals surface area contributed by atoms with Gasteiger partial charge in [-0.1, -0.05) is 6.07 Å². The molecular formula is C23H27F3N2O3. The van der Waals surface area contributed by atoms with Crippen LogP contribution >= 0.6 is 0 Å². The van der Waals surface area contributed by atoms with Crippen molar-refractivity contribution in [1.29, 1.82) is 0 Å². The van der Waals surface area contributed by atoms with E-state index < -0.39 is 11.7 Å². The molecule has 0 aromatic heterocycles. The van der Waals surface area contributed by atoms with Gasteiger partial charge in [-0.05, 0) is 50.2 Å². The van der Waals surface area contributed by atoms with Crippen LogP contribution in [-0.2, 0) is 17.5 Å². The Hall–Kier alpha value is -2.74. The minimum absolute atomic E-state index is 0.0491. The molecule has 0 saturated carbocycles. The molecule has 0 atom stereocenters. The number of rotatable bonds is 6. The molecule has 0 aliphatic carbocycles. The average Bonchev–Trinajstić information content (AvgIpc) is 2.76. The van der Waals surface area contributed by atoms with E-state index >= 15 is 0 Å². The molecule has 2 aromatic carbocycles. The third-order valence-electron chi connectivity index (χ3n) is 5.21. The van der Waals surface area contributed by atoms with Crippen LogP contribution in [0.15, 0.2) is 42.5 Å². The Morgan fingerprint density at radius 1 is 1.06 bits per heavy atom. The molecule has 1 aliphatic rings. The van der Waals surface area contributed by atoms with Crippen molar-refractivity contribution in [2.24, 2.45) is 0 Å². The van der Waals surface area contributed by atoms with Crippen molar-refractivity contribution < 1.29 is 27.4 Å². The fourth-order valence-electron chi connectivity index (χ4n) is 3.51. The first-order chi connectivity index (χ1) is 14.7. The van der Waals surface area contributed by atoms with Gasteiger partial charge in [0.05, 0.1) is 25.4 Å². The number of methoxy groups -OCH3 is 1. The fourth-order valence-corrected chi connectivity index (χ4v) is 3.51.